The number of carboxylic acid groups (broad SMARTS) is 1. The van der Waals surface area contributed by atoms with Gasteiger partial charge in [-0.3, -0.25) is 9.59 Å². The quantitative estimate of drug-likeness (QED) is 0.768. The van der Waals surface area contributed by atoms with E-state index in [9.17, 15) is 14.0 Å². The van der Waals surface area contributed by atoms with Crippen molar-refractivity contribution < 1.29 is 19.1 Å². The van der Waals surface area contributed by atoms with Gasteiger partial charge in [0, 0.05) is 23.9 Å². The number of nitrogens with one attached hydrogen (secondary N) is 1. The first kappa shape index (κ1) is 16.1. The zero-order chi connectivity index (χ0) is 15.9. The van der Waals surface area contributed by atoms with Gasteiger partial charge in [-0.05, 0) is 18.6 Å². The van der Waals surface area contributed by atoms with Gasteiger partial charge >= 0.3 is 5.97 Å². The highest BCUT2D eigenvalue weighted by Gasteiger charge is 2.09. The van der Waals surface area contributed by atoms with Gasteiger partial charge < -0.3 is 10.4 Å². The average molecular weight is 322 g/mol. The number of aliphatic carboxylic acids is 1. The summed E-state index contributed by atoms with van der Waals surface area (Å²) in [6.45, 7) is 0.325. The van der Waals surface area contributed by atoms with Gasteiger partial charge in [0.05, 0.1) is 12.1 Å². The lowest BCUT2D eigenvalue weighted by Gasteiger charge is -2.02. The Labute approximate surface area is 130 Å². The Hall–Kier alpha value is -2.28. The Bertz CT molecular complexity index is 672. The lowest BCUT2D eigenvalue weighted by atomic mass is 10.2. The van der Waals surface area contributed by atoms with E-state index in [-0.39, 0.29) is 24.6 Å². The smallest absolute Gasteiger partial charge is 0.303 e. The van der Waals surface area contributed by atoms with Crippen LogP contribution in [0.4, 0.5) is 4.39 Å². The summed E-state index contributed by atoms with van der Waals surface area (Å²) in [5, 5.41) is 13.6. The summed E-state index contributed by atoms with van der Waals surface area (Å²) in [7, 11) is 0. The number of nitrogens with zero attached hydrogens (tertiary/aromatic N) is 1. The number of rotatable bonds is 7. The number of aromatic nitrogens is 1. The van der Waals surface area contributed by atoms with E-state index in [1.165, 1.54) is 23.5 Å². The molecule has 1 amide bonds. The minimum atomic E-state index is -0.881. The van der Waals surface area contributed by atoms with E-state index in [1.807, 2.05) is 0 Å². The molecule has 1 aromatic carbocycles. The topological polar surface area (TPSA) is 79.3 Å². The highest BCUT2D eigenvalue weighted by atomic mass is 32.1. The number of benzene rings is 1. The van der Waals surface area contributed by atoms with Gasteiger partial charge in [0.1, 0.15) is 10.8 Å². The molecule has 0 radical (unpaired) electrons. The molecule has 0 atom stereocenters. The van der Waals surface area contributed by atoms with E-state index in [2.05, 4.69) is 10.3 Å². The summed E-state index contributed by atoms with van der Waals surface area (Å²) >= 11 is 1.35. The zero-order valence-corrected chi connectivity index (χ0v) is 12.5. The number of amides is 1. The third-order valence-corrected chi connectivity index (χ3v) is 3.79. The van der Waals surface area contributed by atoms with Crippen LogP contribution in [0.3, 0.4) is 0 Å². The maximum absolute atomic E-state index is 13.2. The van der Waals surface area contributed by atoms with Crippen LogP contribution in [0.5, 0.6) is 0 Å². The fourth-order valence-electron chi connectivity index (χ4n) is 1.84. The van der Waals surface area contributed by atoms with Gasteiger partial charge in [0.2, 0.25) is 5.91 Å². The Morgan fingerprint density at radius 3 is 2.91 bits per heavy atom. The number of hydrogen-bond donors (Lipinski definition) is 2. The lowest BCUT2D eigenvalue weighted by molar-refractivity contribution is -0.137. The van der Waals surface area contributed by atoms with Crippen molar-refractivity contribution in [2.45, 2.75) is 19.3 Å². The lowest BCUT2D eigenvalue weighted by Crippen LogP contribution is -2.26. The second-order valence-corrected chi connectivity index (χ2v) is 5.54. The van der Waals surface area contributed by atoms with Gasteiger partial charge in [0.15, 0.2) is 0 Å². The molecule has 22 heavy (non-hydrogen) atoms. The second kappa shape index (κ2) is 7.65. The monoisotopic (exact) mass is 322 g/mol. The molecular formula is C15H15FN2O3S. The molecular weight excluding hydrogens is 307 g/mol. The first-order valence-electron chi connectivity index (χ1n) is 6.73. The minimum Gasteiger partial charge on any atom is -0.481 e. The van der Waals surface area contributed by atoms with Crippen LogP contribution in [0.1, 0.15) is 18.5 Å². The van der Waals surface area contributed by atoms with Crippen molar-refractivity contribution in [3.05, 3.63) is 41.2 Å². The number of carboxylic acids is 1. The van der Waals surface area contributed by atoms with Crippen molar-refractivity contribution in [3.63, 3.8) is 0 Å². The minimum absolute atomic E-state index is 0.0285. The number of carbonyl (C=O) groups is 2. The van der Waals surface area contributed by atoms with E-state index < -0.39 is 5.97 Å². The molecule has 2 aromatic rings. The average Bonchev–Trinajstić information content (AvgIpc) is 2.92. The second-order valence-electron chi connectivity index (χ2n) is 4.68. The molecule has 2 N–H and O–H groups in total. The predicted molar refractivity (Wildman–Crippen MR) is 81.1 cm³/mol. The first-order chi connectivity index (χ1) is 10.5. The maximum Gasteiger partial charge on any atom is 0.303 e. The van der Waals surface area contributed by atoms with Gasteiger partial charge in [-0.1, -0.05) is 12.1 Å². The molecule has 5 nitrogen and oxygen atoms in total. The summed E-state index contributed by atoms with van der Waals surface area (Å²) in [5.41, 5.74) is 1.29. The third kappa shape index (κ3) is 4.92. The van der Waals surface area contributed by atoms with E-state index in [0.29, 0.717) is 29.2 Å². The largest absolute Gasteiger partial charge is 0.481 e. The van der Waals surface area contributed by atoms with Gasteiger partial charge in [-0.2, -0.15) is 0 Å². The molecule has 0 saturated carbocycles. The van der Waals surface area contributed by atoms with Gasteiger partial charge in [0.25, 0.3) is 0 Å². The maximum atomic E-state index is 13.2. The van der Waals surface area contributed by atoms with Crippen molar-refractivity contribution in [1.82, 2.24) is 10.3 Å². The molecule has 1 heterocycles. The Balaban J connectivity index is 1.86. The van der Waals surface area contributed by atoms with Crippen molar-refractivity contribution in [2.75, 3.05) is 6.54 Å². The van der Waals surface area contributed by atoms with Crippen molar-refractivity contribution in [2.24, 2.45) is 0 Å². The predicted octanol–water partition coefficient (Wildman–Crippen LogP) is 2.47. The normalized spacial score (nSPS) is 10.4. The first-order valence-corrected chi connectivity index (χ1v) is 7.61. The van der Waals surface area contributed by atoms with Crippen LogP contribution in [0.2, 0.25) is 0 Å². The summed E-state index contributed by atoms with van der Waals surface area (Å²) in [4.78, 5) is 26.4. The molecule has 0 fully saturated rings. The standard InChI is InChI=1S/C15H15FN2O3S/c16-11-4-1-3-10(7-11)15-18-12(9-22-15)8-13(19)17-6-2-5-14(20)21/h1,3-4,7,9H,2,5-6,8H2,(H,17,19)(H,20,21). The third-order valence-electron chi connectivity index (χ3n) is 2.85. The number of carbonyl (C=O) groups excluding carboxylic acids is 1. The van der Waals surface area contributed by atoms with Crippen LogP contribution in [-0.2, 0) is 16.0 Å². The molecule has 0 spiro atoms. The number of hydrogen-bond acceptors (Lipinski definition) is 4. The number of thiazole rings is 1. The Morgan fingerprint density at radius 2 is 2.18 bits per heavy atom. The molecule has 1 aromatic heterocycles. The van der Waals surface area contributed by atoms with E-state index in [0.717, 1.165) is 0 Å². The zero-order valence-electron chi connectivity index (χ0n) is 11.7. The highest BCUT2D eigenvalue weighted by molar-refractivity contribution is 7.13. The highest BCUT2D eigenvalue weighted by Crippen LogP contribution is 2.24. The summed E-state index contributed by atoms with van der Waals surface area (Å²) in [6.07, 6.45) is 0.548. The molecule has 0 aliphatic heterocycles. The van der Waals surface area contributed by atoms with Crippen molar-refractivity contribution in [3.8, 4) is 10.6 Å². The fourth-order valence-corrected chi connectivity index (χ4v) is 2.65. The van der Waals surface area contributed by atoms with Crippen molar-refractivity contribution in [1.29, 1.82) is 0 Å². The number of halogens is 1. The molecule has 0 aliphatic carbocycles. The van der Waals surface area contributed by atoms with E-state index in [4.69, 9.17) is 5.11 Å². The summed E-state index contributed by atoms with van der Waals surface area (Å²) in [5.74, 6) is -1.42. The fraction of sp³-hybridized carbons (Fsp3) is 0.267. The Kier molecular flexibility index (Phi) is 5.60. The van der Waals surface area contributed by atoms with E-state index in [1.54, 1.807) is 17.5 Å². The SMILES string of the molecule is O=C(O)CCCNC(=O)Cc1csc(-c2cccc(F)c2)n1. The van der Waals surface area contributed by atoms with E-state index >= 15 is 0 Å². The van der Waals surface area contributed by atoms with Crippen LogP contribution in [0, 0.1) is 5.82 Å². The van der Waals surface area contributed by atoms with Crippen LogP contribution >= 0.6 is 11.3 Å². The molecule has 2 rings (SSSR count). The van der Waals surface area contributed by atoms with Crippen LogP contribution in [0.15, 0.2) is 29.6 Å². The van der Waals surface area contributed by atoms with Crippen molar-refractivity contribution >= 4 is 23.2 Å². The molecule has 0 bridgehead atoms. The van der Waals surface area contributed by atoms with Crippen LogP contribution in [-0.4, -0.2) is 28.5 Å². The van der Waals surface area contributed by atoms with Gasteiger partial charge in [-0.25, -0.2) is 9.37 Å². The van der Waals surface area contributed by atoms with Gasteiger partial charge in [-0.15, -0.1) is 11.3 Å². The molecule has 0 saturated heterocycles. The molecule has 7 heteroatoms. The summed E-state index contributed by atoms with van der Waals surface area (Å²) in [6, 6.07) is 6.13. The summed E-state index contributed by atoms with van der Waals surface area (Å²) < 4.78 is 13.2. The van der Waals surface area contributed by atoms with Crippen LogP contribution < -0.4 is 5.32 Å². The van der Waals surface area contributed by atoms with Crippen LogP contribution in [0.25, 0.3) is 10.6 Å². The molecule has 116 valence electrons. The Morgan fingerprint density at radius 1 is 1.36 bits per heavy atom. The molecule has 0 aliphatic rings. The molecule has 0 unspecified atom stereocenters.